The van der Waals surface area contributed by atoms with Crippen LogP contribution in [0.3, 0.4) is 0 Å². The van der Waals surface area contributed by atoms with Crippen LogP contribution in [0.1, 0.15) is 24.0 Å². The van der Waals surface area contributed by atoms with Gasteiger partial charge in [0.1, 0.15) is 12.4 Å². The van der Waals surface area contributed by atoms with Crippen molar-refractivity contribution in [2.24, 2.45) is 0 Å². The molecule has 25 heavy (non-hydrogen) atoms. The normalized spacial score (nSPS) is 14.9. The zero-order valence-corrected chi connectivity index (χ0v) is 15.5. The predicted molar refractivity (Wildman–Crippen MR) is 96.2 cm³/mol. The van der Waals surface area contributed by atoms with E-state index in [1.165, 1.54) is 5.56 Å². The van der Waals surface area contributed by atoms with Gasteiger partial charge in [-0.3, -0.25) is 4.79 Å². The first-order valence-corrected chi connectivity index (χ1v) is 9.00. The van der Waals surface area contributed by atoms with E-state index in [0.717, 1.165) is 5.56 Å². The Bertz CT molecular complexity index is 601. The highest BCUT2D eigenvalue weighted by Crippen LogP contribution is 2.17. The van der Waals surface area contributed by atoms with Crippen molar-refractivity contribution in [2.45, 2.75) is 32.7 Å². The SMILES string of the molecule is Cc1ccc(OCC(=O)N2CCC(NC(=O)OCCCl)CC2)cc1C. The maximum Gasteiger partial charge on any atom is 0.407 e. The summed E-state index contributed by atoms with van der Waals surface area (Å²) in [4.78, 5) is 25.5. The second-order valence-corrected chi connectivity index (χ2v) is 6.54. The monoisotopic (exact) mass is 368 g/mol. The van der Waals surface area contributed by atoms with Gasteiger partial charge in [0.25, 0.3) is 5.91 Å². The molecule has 0 unspecified atom stereocenters. The van der Waals surface area contributed by atoms with Gasteiger partial charge >= 0.3 is 6.09 Å². The molecule has 1 fully saturated rings. The molecule has 0 atom stereocenters. The van der Waals surface area contributed by atoms with Crippen molar-refractivity contribution in [3.8, 4) is 5.75 Å². The molecule has 0 radical (unpaired) electrons. The average Bonchev–Trinajstić information content (AvgIpc) is 2.61. The fourth-order valence-electron chi connectivity index (χ4n) is 2.65. The zero-order chi connectivity index (χ0) is 18.2. The largest absolute Gasteiger partial charge is 0.484 e. The third-order valence-corrected chi connectivity index (χ3v) is 4.47. The minimum absolute atomic E-state index is 0.0209. The second-order valence-electron chi connectivity index (χ2n) is 6.16. The fourth-order valence-corrected chi connectivity index (χ4v) is 2.73. The average molecular weight is 369 g/mol. The van der Waals surface area contributed by atoms with E-state index in [2.05, 4.69) is 5.32 Å². The molecule has 2 rings (SSSR count). The minimum atomic E-state index is -0.455. The predicted octanol–water partition coefficient (Wildman–Crippen LogP) is 2.64. The Kier molecular flexibility index (Phi) is 7.37. The molecule has 0 aromatic heterocycles. The Labute approximate surface area is 153 Å². The van der Waals surface area contributed by atoms with Crippen LogP contribution in [0.15, 0.2) is 18.2 Å². The van der Waals surface area contributed by atoms with Gasteiger partial charge in [-0.25, -0.2) is 4.79 Å². The molecule has 1 N–H and O–H groups in total. The number of amides is 2. The number of benzene rings is 1. The number of alkyl carbamates (subject to hydrolysis) is 1. The number of alkyl halides is 1. The van der Waals surface area contributed by atoms with Gasteiger partial charge in [0.05, 0.1) is 5.88 Å². The maximum atomic E-state index is 12.3. The van der Waals surface area contributed by atoms with E-state index in [0.29, 0.717) is 31.7 Å². The van der Waals surface area contributed by atoms with Crippen molar-refractivity contribution in [1.29, 1.82) is 0 Å². The van der Waals surface area contributed by atoms with Crippen LogP contribution in [0.2, 0.25) is 0 Å². The maximum absolute atomic E-state index is 12.3. The third-order valence-electron chi connectivity index (χ3n) is 4.32. The molecule has 0 spiro atoms. The number of halogens is 1. The quantitative estimate of drug-likeness (QED) is 0.784. The number of nitrogens with one attached hydrogen (secondary N) is 1. The van der Waals surface area contributed by atoms with Gasteiger partial charge in [-0.15, -0.1) is 11.6 Å². The number of carbonyl (C=O) groups excluding carboxylic acids is 2. The molecule has 1 saturated heterocycles. The number of carbonyl (C=O) groups is 2. The Morgan fingerprint density at radius 2 is 1.96 bits per heavy atom. The summed E-state index contributed by atoms with van der Waals surface area (Å²) in [7, 11) is 0. The van der Waals surface area contributed by atoms with Gasteiger partial charge in [0.15, 0.2) is 6.61 Å². The van der Waals surface area contributed by atoms with Crippen LogP contribution in [0.4, 0.5) is 4.79 Å². The van der Waals surface area contributed by atoms with Crippen LogP contribution in [-0.4, -0.2) is 55.1 Å². The number of nitrogens with zero attached hydrogens (tertiary/aromatic N) is 1. The number of piperidine rings is 1. The number of ether oxygens (including phenoxy) is 2. The zero-order valence-electron chi connectivity index (χ0n) is 14.7. The minimum Gasteiger partial charge on any atom is -0.484 e. The van der Waals surface area contributed by atoms with Gasteiger partial charge in [-0.05, 0) is 49.9 Å². The Balaban J connectivity index is 1.71. The lowest BCUT2D eigenvalue weighted by Gasteiger charge is -2.32. The Morgan fingerprint density at radius 1 is 1.24 bits per heavy atom. The molecule has 1 heterocycles. The first kappa shape index (κ1) is 19.4. The molecule has 2 amide bonds. The number of hydrogen-bond acceptors (Lipinski definition) is 4. The van der Waals surface area contributed by atoms with E-state index < -0.39 is 6.09 Å². The number of rotatable bonds is 6. The summed E-state index contributed by atoms with van der Waals surface area (Å²) in [6.07, 6.45) is 0.944. The molecule has 1 aromatic carbocycles. The van der Waals surface area contributed by atoms with Gasteiger partial charge in [0.2, 0.25) is 0 Å². The van der Waals surface area contributed by atoms with E-state index in [-0.39, 0.29) is 31.0 Å². The highest BCUT2D eigenvalue weighted by Gasteiger charge is 2.24. The Morgan fingerprint density at radius 3 is 2.60 bits per heavy atom. The molecule has 1 aromatic rings. The van der Waals surface area contributed by atoms with Crippen molar-refractivity contribution >= 4 is 23.6 Å². The lowest BCUT2D eigenvalue weighted by atomic mass is 10.1. The number of likely N-dealkylation sites (tertiary alicyclic amines) is 1. The van der Waals surface area contributed by atoms with E-state index in [1.54, 1.807) is 4.90 Å². The summed E-state index contributed by atoms with van der Waals surface area (Å²) >= 11 is 5.47. The van der Waals surface area contributed by atoms with Crippen LogP contribution in [0.25, 0.3) is 0 Å². The van der Waals surface area contributed by atoms with Crippen LogP contribution in [0.5, 0.6) is 5.75 Å². The summed E-state index contributed by atoms with van der Waals surface area (Å²) < 4.78 is 10.5. The number of aryl methyl sites for hydroxylation is 2. The van der Waals surface area contributed by atoms with Crippen LogP contribution < -0.4 is 10.1 Å². The lowest BCUT2D eigenvalue weighted by molar-refractivity contribution is -0.134. The van der Waals surface area contributed by atoms with E-state index in [9.17, 15) is 9.59 Å². The summed E-state index contributed by atoms with van der Waals surface area (Å²) in [5.74, 6) is 0.942. The van der Waals surface area contributed by atoms with E-state index in [1.807, 2.05) is 32.0 Å². The molecular formula is C18H25ClN2O4. The van der Waals surface area contributed by atoms with Gasteiger partial charge < -0.3 is 19.7 Å². The smallest absolute Gasteiger partial charge is 0.407 e. The van der Waals surface area contributed by atoms with Gasteiger partial charge in [0, 0.05) is 19.1 Å². The van der Waals surface area contributed by atoms with Crippen molar-refractivity contribution in [2.75, 3.05) is 32.2 Å². The Hall–Kier alpha value is -1.95. The van der Waals surface area contributed by atoms with Crippen molar-refractivity contribution in [1.82, 2.24) is 10.2 Å². The van der Waals surface area contributed by atoms with Crippen molar-refractivity contribution in [3.05, 3.63) is 29.3 Å². The van der Waals surface area contributed by atoms with Gasteiger partial charge in [-0.2, -0.15) is 0 Å². The standard InChI is InChI=1S/C18H25ClN2O4/c1-13-3-4-16(11-14(13)2)25-12-17(22)21-8-5-15(6-9-21)20-18(23)24-10-7-19/h3-4,11,15H,5-10,12H2,1-2H3,(H,20,23). The van der Waals surface area contributed by atoms with E-state index in [4.69, 9.17) is 21.1 Å². The molecule has 6 nitrogen and oxygen atoms in total. The van der Waals surface area contributed by atoms with E-state index >= 15 is 0 Å². The first-order valence-electron chi connectivity index (χ1n) is 8.46. The molecule has 0 saturated carbocycles. The highest BCUT2D eigenvalue weighted by atomic mass is 35.5. The molecule has 1 aliphatic rings. The molecule has 0 bridgehead atoms. The van der Waals surface area contributed by atoms with Crippen LogP contribution in [-0.2, 0) is 9.53 Å². The summed E-state index contributed by atoms with van der Waals surface area (Å²) in [5, 5.41) is 2.79. The van der Waals surface area contributed by atoms with Crippen LogP contribution >= 0.6 is 11.6 Å². The topological polar surface area (TPSA) is 67.9 Å². The molecule has 7 heteroatoms. The highest BCUT2D eigenvalue weighted by molar-refractivity contribution is 6.18. The fraction of sp³-hybridized carbons (Fsp3) is 0.556. The first-order chi connectivity index (χ1) is 12.0. The second kappa shape index (κ2) is 9.51. The molecule has 0 aliphatic carbocycles. The molecule has 1 aliphatic heterocycles. The third kappa shape index (κ3) is 6.12. The summed E-state index contributed by atoms with van der Waals surface area (Å²) in [5.41, 5.74) is 2.33. The van der Waals surface area contributed by atoms with Crippen molar-refractivity contribution in [3.63, 3.8) is 0 Å². The van der Waals surface area contributed by atoms with Crippen molar-refractivity contribution < 1.29 is 19.1 Å². The molecular weight excluding hydrogens is 344 g/mol. The lowest BCUT2D eigenvalue weighted by Crippen LogP contribution is -2.47. The molecule has 138 valence electrons. The van der Waals surface area contributed by atoms with Gasteiger partial charge in [-0.1, -0.05) is 6.07 Å². The van der Waals surface area contributed by atoms with Crippen LogP contribution in [0, 0.1) is 13.8 Å². The summed E-state index contributed by atoms with van der Waals surface area (Å²) in [6.45, 7) is 5.46. The number of hydrogen-bond donors (Lipinski definition) is 1. The summed E-state index contributed by atoms with van der Waals surface area (Å²) in [6, 6.07) is 5.81.